The first-order chi connectivity index (χ1) is 8.29. The lowest BCUT2D eigenvalue weighted by atomic mass is 10.1. The Morgan fingerprint density at radius 2 is 2.06 bits per heavy atom. The van der Waals surface area contributed by atoms with Gasteiger partial charge in [0.15, 0.2) is 0 Å². The number of halogens is 3. The molecule has 0 aliphatic heterocycles. The average molecular weight is 260 g/mol. The number of hydrogen-bond donors (Lipinski definition) is 2. The summed E-state index contributed by atoms with van der Waals surface area (Å²) in [6.07, 6.45) is -5.20. The van der Waals surface area contributed by atoms with Crippen LogP contribution in [-0.2, 0) is 0 Å². The lowest BCUT2D eigenvalue weighted by Crippen LogP contribution is -2.26. The zero-order chi connectivity index (χ0) is 13.8. The number of carbonyl (C=O) groups is 1. The highest BCUT2D eigenvalue weighted by Gasteiger charge is 2.26. The van der Waals surface area contributed by atoms with E-state index in [0.29, 0.717) is 16.8 Å². The van der Waals surface area contributed by atoms with Crippen LogP contribution in [0.4, 0.5) is 18.9 Å². The minimum Gasteiger partial charge on any atom is -0.399 e. The van der Waals surface area contributed by atoms with E-state index in [2.05, 4.69) is 5.32 Å². The Labute approximate surface area is 103 Å². The average Bonchev–Trinajstić information content (AvgIpc) is 2.22. The molecule has 100 valence electrons. The summed E-state index contributed by atoms with van der Waals surface area (Å²) in [7, 11) is 0. The summed E-state index contributed by atoms with van der Waals surface area (Å²) in [5.74, 6) is -0.380. The first-order valence-electron chi connectivity index (χ1n) is 5.50. The van der Waals surface area contributed by atoms with Gasteiger partial charge in [0.25, 0.3) is 5.91 Å². The Kier molecular flexibility index (Phi) is 4.58. The van der Waals surface area contributed by atoms with Gasteiger partial charge in [-0.05, 0) is 37.1 Å². The van der Waals surface area contributed by atoms with Gasteiger partial charge in [-0.2, -0.15) is 13.2 Å². The number of nitrogen functional groups attached to an aromatic ring is 1. The molecule has 3 N–H and O–H groups in total. The standard InChI is InChI=1S/C12H15F3N2O/c1-8-7-9(16)3-4-10(8)11(18)17-6-2-5-12(13,14)15/h3-4,7H,2,5-6,16H2,1H3,(H,17,18). The number of alkyl halides is 3. The van der Waals surface area contributed by atoms with Gasteiger partial charge in [-0.15, -0.1) is 0 Å². The first-order valence-corrected chi connectivity index (χ1v) is 5.50. The van der Waals surface area contributed by atoms with E-state index >= 15 is 0 Å². The lowest BCUT2D eigenvalue weighted by Gasteiger charge is -2.09. The molecular weight excluding hydrogens is 245 g/mol. The smallest absolute Gasteiger partial charge is 0.389 e. The molecule has 6 heteroatoms. The fourth-order valence-electron chi connectivity index (χ4n) is 1.53. The van der Waals surface area contributed by atoms with Crippen molar-refractivity contribution >= 4 is 11.6 Å². The van der Waals surface area contributed by atoms with E-state index < -0.39 is 12.6 Å². The van der Waals surface area contributed by atoms with Crippen LogP contribution in [-0.4, -0.2) is 18.6 Å². The molecule has 0 aromatic heterocycles. The molecule has 0 heterocycles. The summed E-state index contributed by atoms with van der Waals surface area (Å²) in [6, 6.07) is 4.78. The van der Waals surface area contributed by atoms with Crippen LogP contribution < -0.4 is 11.1 Å². The van der Waals surface area contributed by atoms with E-state index in [4.69, 9.17) is 5.73 Å². The topological polar surface area (TPSA) is 55.1 Å². The predicted molar refractivity (Wildman–Crippen MR) is 63.2 cm³/mol. The second-order valence-electron chi connectivity index (χ2n) is 4.05. The summed E-state index contributed by atoms with van der Waals surface area (Å²) in [6.45, 7) is 1.73. The molecule has 1 amide bonds. The van der Waals surface area contributed by atoms with Crippen molar-refractivity contribution in [3.8, 4) is 0 Å². The molecule has 3 nitrogen and oxygen atoms in total. The van der Waals surface area contributed by atoms with Crippen LogP contribution in [0.1, 0.15) is 28.8 Å². The number of anilines is 1. The fourth-order valence-corrected chi connectivity index (χ4v) is 1.53. The summed E-state index contributed by atoms with van der Waals surface area (Å²) in [5.41, 5.74) is 7.21. The van der Waals surface area contributed by atoms with Crippen LogP contribution in [0, 0.1) is 6.92 Å². The van der Waals surface area contributed by atoms with Crippen molar-refractivity contribution in [2.45, 2.75) is 25.9 Å². The molecule has 18 heavy (non-hydrogen) atoms. The van der Waals surface area contributed by atoms with Gasteiger partial charge in [-0.25, -0.2) is 0 Å². The number of benzene rings is 1. The number of rotatable bonds is 4. The number of hydrogen-bond acceptors (Lipinski definition) is 2. The van der Waals surface area contributed by atoms with E-state index in [1.807, 2.05) is 0 Å². The van der Waals surface area contributed by atoms with Crippen molar-refractivity contribution in [1.82, 2.24) is 5.32 Å². The van der Waals surface area contributed by atoms with Crippen LogP contribution in [0.15, 0.2) is 18.2 Å². The van der Waals surface area contributed by atoms with Crippen molar-refractivity contribution in [2.24, 2.45) is 0 Å². The van der Waals surface area contributed by atoms with Gasteiger partial charge in [-0.3, -0.25) is 4.79 Å². The molecule has 0 bridgehead atoms. The third-order valence-corrected chi connectivity index (χ3v) is 2.42. The maximum atomic E-state index is 11.9. The van der Waals surface area contributed by atoms with E-state index in [9.17, 15) is 18.0 Å². The van der Waals surface area contributed by atoms with Crippen molar-refractivity contribution in [2.75, 3.05) is 12.3 Å². The van der Waals surface area contributed by atoms with Gasteiger partial charge in [0, 0.05) is 24.2 Å². The number of nitrogens with one attached hydrogen (secondary N) is 1. The van der Waals surface area contributed by atoms with Gasteiger partial charge in [0.1, 0.15) is 0 Å². The molecule has 0 aliphatic rings. The zero-order valence-electron chi connectivity index (χ0n) is 9.97. The van der Waals surface area contributed by atoms with Crippen LogP contribution in [0.5, 0.6) is 0 Å². The second-order valence-corrected chi connectivity index (χ2v) is 4.05. The lowest BCUT2D eigenvalue weighted by molar-refractivity contribution is -0.135. The van der Waals surface area contributed by atoms with Crippen LogP contribution in [0.3, 0.4) is 0 Å². The molecule has 0 spiro atoms. The minimum absolute atomic E-state index is 0.00214. The van der Waals surface area contributed by atoms with Gasteiger partial charge >= 0.3 is 6.18 Å². The molecule has 0 unspecified atom stereocenters. The molecule has 0 radical (unpaired) electrons. The molecule has 1 aromatic rings. The number of carbonyl (C=O) groups excluding carboxylic acids is 1. The molecule has 1 aromatic carbocycles. The zero-order valence-corrected chi connectivity index (χ0v) is 9.97. The Bertz CT molecular complexity index is 430. The third-order valence-electron chi connectivity index (χ3n) is 2.42. The van der Waals surface area contributed by atoms with Gasteiger partial charge in [-0.1, -0.05) is 0 Å². The van der Waals surface area contributed by atoms with E-state index in [1.54, 1.807) is 25.1 Å². The highest BCUT2D eigenvalue weighted by atomic mass is 19.4. The molecule has 0 saturated heterocycles. The van der Waals surface area contributed by atoms with Crippen molar-refractivity contribution in [3.05, 3.63) is 29.3 Å². The molecule has 0 atom stereocenters. The van der Waals surface area contributed by atoms with Crippen LogP contribution in [0.25, 0.3) is 0 Å². The minimum atomic E-state index is -4.18. The Hall–Kier alpha value is -1.72. The predicted octanol–water partition coefficient (Wildman–Crippen LogP) is 2.65. The van der Waals surface area contributed by atoms with Crippen molar-refractivity contribution in [3.63, 3.8) is 0 Å². The molecule has 0 aliphatic carbocycles. The highest BCUT2D eigenvalue weighted by Crippen LogP contribution is 2.20. The molecule has 0 fully saturated rings. The Balaban J connectivity index is 2.46. The normalized spacial score (nSPS) is 11.3. The first kappa shape index (κ1) is 14.3. The van der Waals surface area contributed by atoms with E-state index in [-0.39, 0.29) is 18.9 Å². The van der Waals surface area contributed by atoms with Gasteiger partial charge < -0.3 is 11.1 Å². The van der Waals surface area contributed by atoms with Crippen molar-refractivity contribution in [1.29, 1.82) is 0 Å². The molecular formula is C12H15F3N2O. The second kappa shape index (κ2) is 5.75. The van der Waals surface area contributed by atoms with Gasteiger partial charge in [0.05, 0.1) is 0 Å². The van der Waals surface area contributed by atoms with Crippen LogP contribution in [0.2, 0.25) is 0 Å². The Morgan fingerprint density at radius 1 is 1.39 bits per heavy atom. The monoisotopic (exact) mass is 260 g/mol. The summed E-state index contributed by atoms with van der Waals surface area (Å²) in [4.78, 5) is 11.7. The summed E-state index contributed by atoms with van der Waals surface area (Å²) < 4.78 is 35.7. The largest absolute Gasteiger partial charge is 0.399 e. The summed E-state index contributed by atoms with van der Waals surface area (Å²) in [5, 5.41) is 2.45. The number of nitrogens with two attached hydrogens (primary N) is 1. The fraction of sp³-hybridized carbons (Fsp3) is 0.417. The highest BCUT2D eigenvalue weighted by molar-refractivity contribution is 5.95. The van der Waals surface area contributed by atoms with E-state index in [0.717, 1.165) is 0 Å². The summed E-state index contributed by atoms with van der Waals surface area (Å²) >= 11 is 0. The van der Waals surface area contributed by atoms with E-state index in [1.165, 1.54) is 0 Å². The number of aryl methyl sites for hydroxylation is 1. The SMILES string of the molecule is Cc1cc(N)ccc1C(=O)NCCCC(F)(F)F. The molecule has 0 saturated carbocycles. The maximum Gasteiger partial charge on any atom is 0.389 e. The quantitative estimate of drug-likeness (QED) is 0.646. The number of amides is 1. The van der Waals surface area contributed by atoms with Crippen molar-refractivity contribution < 1.29 is 18.0 Å². The maximum absolute atomic E-state index is 11.9. The van der Waals surface area contributed by atoms with Gasteiger partial charge in [0.2, 0.25) is 0 Å². The van der Waals surface area contributed by atoms with Crippen LogP contribution >= 0.6 is 0 Å². The third kappa shape index (κ3) is 4.65. The molecule has 1 rings (SSSR count). The Morgan fingerprint density at radius 3 is 2.61 bits per heavy atom.